The molecule has 0 unspecified atom stereocenters. The lowest BCUT2D eigenvalue weighted by Gasteiger charge is -2.25. The highest BCUT2D eigenvalue weighted by Crippen LogP contribution is 2.36. The fourth-order valence-corrected chi connectivity index (χ4v) is 3.63. The molecule has 116 valence electrons. The number of thioether (sulfide) groups is 1. The predicted molar refractivity (Wildman–Crippen MR) is 87.4 cm³/mol. The lowest BCUT2D eigenvalue weighted by Crippen LogP contribution is -2.51. The molecule has 1 heterocycles. The molecule has 1 amide bonds. The lowest BCUT2D eigenvalue weighted by atomic mass is 10.2. The van der Waals surface area contributed by atoms with Gasteiger partial charge in [-0.05, 0) is 18.2 Å². The maximum Gasteiger partial charge on any atom is 0.266 e. The molecule has 22 heavy (non-hydrogen) atoms. The lowest BCUT2D eigenvalue weighted by molar-refractivity contribution is -0.311. The average molecular weight is 377 g/mol. The zero-order valence-electron chi connectivity index (χ0n) is 10.8. The zero-order valence-corrected chi connectivity index (χ0v) is 13.9. The van der Waals surface area contributed by atoms with Gasteiger partial charge in [-0.25, -0.2) is 0 Å². The summed E-state index contributed by atoms with van der Waals surface area (Å²) in [5.41, 5.74) is 0.431. The van der Waals surface area contributed by atoms with Crippen LogP contribution in [0.3, 0.4) is 0 Å². The monoisotopic (exact) mass is 376 g/mol. The fraction of sp³-hybridized carbons (Fsp3) is 0.154. The number of amides is 1. The van der Waals surface area contributed by atoms with Crippen molar-refractivity contribution in [3.63, 3.8) is 0 Å². The molecular weight excluding hydrogens is 369 g/mol. The van der Waals surface area contributed by atoms with Crippen LogP contribution in [-0.4, -0.2) is 38.9 Å². The Morgan fingerprint density at radius 1 is 1.45 bits per heavy atom. The number of benzene rings is 1. The van der Waals surface area contributed by atoms with E-state index < -0.39 is 24.5 Å². The first-order valence-corrected chi connectivity index (χ1v) is 7.87. The highest BCUT2D eigenvalue weighted by molar-refractivity contribution is 8.26. The number of carbonyl (C=O) groups is 2. The van der Waals surface area contributed by atoms with E-state index in [1.807, 2.05) is 0 Å². The summed E-state index contributed by atoms with van der Waals surface area (Å²) in [4.78, 5) is 24.3. The van der Waals surface area contributed by atoms with Gasteiger partial charge >= 0.3 is 0 Å². The fourth-order valence-electron chi connectivity index (χ4n) is 1.79. The largest absolute Gasteiger partial charge is 0.548 e. The van der Waals surface area contributed by atoms with Crippen molar-refractivity contribution in [3.8, 4) is 0 Å². The van der Waals surface area contributed by atoms with Gasteiger partial charge in [-0.2, -0.15) is 0 Å². The molecule has 0 aliphatic carbocycles. The van der Waals surface area contributed by atoms with E-state index >= 15 is 0 Å². The number of hydrogen-bond acceptors (Lipinski definition) is 6. The summed E-state index contributed by atoms with van der Waals surface area (Å²) in [6, 6.07) is 3.35. The normalized spacial score (nSPS) is 18.1. The van der Waals surface area contributed by atoms with Crippen LogP contribution in [0.2, 0.25) is 10.0 Å². The van der Waals surface area contributed by atoms with Crippen LogP contribution in [0.25, 0.3) is 6.08 Å². The Morgan fingerprint density at radius 3 is 2.55 bits per heavy atom. The number of rotatable bonds is 4. The molecule has 5 nitrogen and oxygen atoms in total. The first-order chi connectivity index (χ1) is 10.4. The van der Waals surface area contributed by atoms with Gasteiger partial charge in [-0.1, -0.05) is 53.2 Å². The summed E-state index contributed by atoms with van der Waals surface area (Å²) in [7, 11) is 0. The van der Waals surface area contributed by atoms with Crippen molar-refractivity contribution in [3.05, 3.63) is 38.7 Å². The highest BCUT2D eigenvalue weighted by Gasteiger charge is 2.37. The first kappa shape index (κ1) is 17.2. The molecule has 1 saturated heterocycles. The molecule has 0 radical (unpaired) electrons. The van der Waals surface area contributed by atoms with Gasteiger partial charge in [0.05, 0.1) is 17.5 Å². The Bertz CT molecular complexity index is 672. The number of carboxylic acid groups (broad SMARTS) is 1. The number of nitrogens with zero attached hydrogens (tertiary/aromatic N) is 1. The average Bonchev–Trinajstić information content (AvgIpc) is 2.71. The van der Waals surface area contributed by atoms with Gasteiger partial charge in [-0.3, -0.25) is 9.69 Å². The van der Waals surface area contributed by atoms with E-state index in [2.05, 4.69) is 0 Å². The van der Waals surface area contributed by atoms with Crippen LogP contribution in [0.4, 0.5) is 0 Å². The van der Waals surface area contributed by atoms with Crippen molar-refractivity contribution in [2.45, 2.75) is 6.04 Å². The van der Waals surface area contributed by atoms with Crippen molar-refractivity contribution in [1.29, 1.82) is 0 Å². The van der Waals surface area contributed by atoms with Gasteiger partial charge in [-0.15, -0.1) is 0 Å². The van der Waals surface area contributed by atoms with Crippen LogP contribution in [0.1, 0.15) is 5.56 Å². The van der Waals surface area contributed by atoms with E-state index in [1.54, 1.807) is 18.2 Å². The molecular formula is C13H8Cl2NO4S2-. The van der Waals surface area contributed by atoms with E-state index in [-0.39, 0.29) is 9.23 Å². The number of thiocarbonyl (C=S) groups is 1. The topological polar surface area (TPSA) is 80.7 Å². The van der Waals surface area contributed by atoms with Gasteiger partial charge in [0, 0.05) is 15.6 Å². The molecule has 0 bridgehead atoms. The van der Waals surface area contributed by atoms with Crippen LogP contribution < -0.4 is 5.11 Å². The molecule has 1 aromatic carbocycles. The Balaban J connectivity index is 2.40. The van der Waals surface area contributed by atoms with E-state index in [0.29, 0.717) is 15.6 Å². The molecule has 0 spiro atoms. The van der Waals surface area contributed by atoms with Crippen molar-refractivity contribution in [1.82, 2.24) is 4.90 Å². The Morgan fingerprint density at radius 2 is 2.05 bits per heavy atom. The number of hydrogen-bond donors (Lipinski definition) is 1. The molecule has 1 atom stereocenters. The third kappa shape index (κ3) is 3.28. The van der Waals surface area contributed by atoms with Crippen LogP contribution in [-0.2, 0) is 9.59 Å². The first-order valence-electron chi connectivity index (χ1n) is 5.89. The molecule has 0 aromatic heterocycles. The molecule has 1 fully saturated rings. The summed E-state index contributed by atoms with van der Waals surface area (Å²) >= 11 is 18.0. The summed E-state index contributed by atoms with van der Waals surface area (Å²) in [6.07, 6.45) is 1.44. The number of aliphatic hydroxyl groups excluding tert-OH is 1. The number of halogens is 2. The number of carboxylic acids is 1. The van der Waals surface area contributed by atoms with E-state index in [0.717, 1.165) is 16.7 Å². The Labute approximate surface area is 145 Å². The third-order valence-electron chi connectivity index (χ3n) is 2.86. The number of aliphatic hydroxyl groups is 1. The second-order valence-corrected chi connectivity index (χ2v) is 6.69. The van der Waals surface area contributed by atoms with Crippen molar-refractivity contribution in [2.24, 2.45) is 0 Å². The second kappa shape index (κ2) is 6.97. The quantitative estimate of drug-likeness (QED) is 0.630. The van der Waals surface area contributed by atoms with E-state index in [9.17, 15) is 14.7 Å². The SMILES string of the molecule is O=C([O-])[C@H](CO)N1C(=O)/C(=C/c2c(Cl)cccc2Cl)SC1=S. The molecule has 1 N–H and O–H groups in total. The van der Waals surface area contributed by atoms with Crippen molar-refractivity contribution in [2.75, 3.05) is 6.61 Å². The summed E-state index contributed by atoms with van der Waals surface area (Å²) in [5, 5.41) is 20.8. The molecule has 1 aliphatic rings. The van der Waals surface area contributed by atoms with Gasteiger partial charge in [0.25, 0.3) is 5.91 Å². The second-order valence-electron chi connectivity index (χ2n) is 4.20. The van der Waals surface area contributed by atoms with E-state index in [1.165, 1.54) is 6.08 Å². The molecule has 0 saturated carbocycles. The van der Waals surface area contributed by atoms with Crippen LogP contribution >= 0.6 is 47.2 Å². The van der Waals surface area contributed by atoms with Gasteiger partial charge in [0.1, 0.15) is 10.4 Å². The molecule has 9 heteroatoms. The minimum Gasteiger partial charge on any atom is -0.548 e. The minimum atomic E-state index is -1.59. The number of carbonyl (C=O) groups excluding carboxylic acids is 2. The molecule has 1 aromatic rings. The van der Waals surface area contributed by atoms with Crippen molar-refractivity contribution < 1.29 is 19.8 Å². The van der Waals surface area contributed by atoms with Gasteiger partial charge in [0.2, 0.25) is 0 Å². The Kier molecular flexibility index (Phi) is 5.46. The third-order valence-corrected chi connectivity index (χ3v) is 4.84. The predicted octanol–water partition coefficient (Wildman–Crippen LogP) is 1.31. The van der Waals surface area contributed by atoms with Gasteiger partial charge < -0.3 is 15.0 Å². The maximum atomic E-state index is 12.3. The van der Waals surface area contributed by atoms with Crippen LogP contribution in [0.5, 0.6) is 0 Å². The highest BCUT2D eigenvalue weighted by atomic mass is 35.5. The summed E-state index contributed by atoms with van der Waals surface area (Å²) < 4.78 is 0.0164. The van der Waals surface area contributed by atoms with Crippen molar-refractivity contribution >= 4 is 69.5 Å². The standard InChI is InChI=1S/C13H9Cl2NO4S2/c14-7-2-1-3-8(15)6(7)4-10-11(18)16(13(21)22-10)9(5-17)12(19)20/h1-4,9,17H,5H2,(H,19,20)/p-1/b10-4-/t9-/m0/s1. The summed E-state index contributed by atoms with van der Waals surface area (Å²) in [6.45, 7) is -0.797. The minimum absolute atomic E-state index is 0.0164. The molecule has 1 aliphatic heterocycles. The Hall–Kier alpha value is -1.12. The van der Waals surface area contributed by atoms with E-state index in [4.69, 9.17) is 40.5 Å². The van der Waals surface area contributed by atoms with Crippen LogP contribution in [0, 0.1) is 0 Å². The van der Waals surface area contributed by atoms with Gasteiger partial charge in [0.15, 0.2) is 0 Å². The maximum absolute atomic E-state index is 12.3. The number of aliphatic carboxylic acids is 1. The smallest absolute Gasteiger partial charge is 0.266 e. The zero-order chi connectivity index (χ0) is 16.4. The van der Waals surface area contributed by atoms with Crippen LogP contribution in [0.15, 0.2) is 23.1 Å². The molecule has 2 rings (SSSR count). The summed E-state index contributed by atoms with van der Waals surface area (Å²) in [5.74, 6) is -2.23.